The Kier molecular flexibility index (Phi) is 67.4. The van der Waals surface area contributed by atoms with Crippen molar-refractivity contribution in [3.05, 3.63) is 72.9 Å². The van der Waals surface area contributed by atoms with Gasteiger partial charge in [-0.1, -0.05) is 274 Å². The van der Waals surface area contributed by atoms with Gasteiger partial charge in [0.1, 0.15) is 19.3 Å². The number of esters is 4. The SMILES string of the molecule is CC/C=C\C/C=C\C/C=C\C/C=C\CCCCCCCCC(=O)OCC(COP(=O)(O)OCC(O)COP(=O)(O)OCC(COC(=O)CCCCCCC/C=C\CCCCCC)OC(=O)CCCCCCCCCCCCCCC)OC(=O)CCCCCCC/C=C\CCCC. The van der Waals surface area contributed by atoms with E-state index in [-0.39, 0.29) is 25.7 Å². The first-order valence-electron chi connectivity index (χ1n) is 38.2. The molecule has 0 aliphatic carbocycles. The molecule has 0 rings (SSSR count). The van der Waals surface area contributed by atoms with Crippen LogP contribution in [-0.4, -0.2) is 96.7 Å². The molecule has 0 aromatic carbocycles. The van der Waals surface area contributed by atoms with Crippen molar-refractivity contribution >= 4 is 39.5 Å². The predicted octanol–water partition coefficient (Wildman–Crippen LogP) is 21.7. The first-order valence-corrected chi connectivity index (χ1v) is 41.2. The van der Waals surface area contributed by atoms with Crippen LogP contribution in [0.3, 0.4) is 0 Å². The van der Waals surface area contributed by atoms with Gasteiger partial charge in [0.25, 0.3) is 0 Å². The van der Waals surface area contributed by atoms with Gasteiger partial charge in [-0.05, 0) is 109 Å². The summed E-state index contributed by atoms with van der Waals surface area (Å²) in [5.74, 6) is -2.19. The predicted molar refractivity (Wildman–Crippen MR) is 390 cm³/mol. The molecule has 558 valence electrons. The highest BCUT2D eigenvalue weighted by atomic mass is 31.2. The molecule has 0 aliphatic rings. The van der Waals surface area contributed by atoms with Gasteiger partial charge in [0.2, 0.25) is 0 Å². The van der Waals surface area contributed by atoms with Crippen LogP contribution in [0, 0.1) is 0 Å². The van der Waals surface area contributed by atoms with E-state index in [0.717, 1.165) is 167 Å². The quantitative estimate of drug-likeness (QED) is 0.0169. The number of phosphoric ester groups is 2. The Morgan fingerprint density at radius 2 is 0.552 bits per heavy atom. The van der Waals surface area contributed by atoms with Gasteiger partial charge in [0, 0.05) is 25.7 Å². The number of rotatable bonds is 72. The maximum Gasteiger partial charge on any atom is 0.472 e. The van der Waals surface area contributed by atoms with Crippen molar-refractivity contribution in [2.45, 2.75) is 354 Å². The van der Waals surface area contributed by atoms with Gasteiger partial charge in [0.05, 0.1) is 26.4 Å². The second-order valence-electron chi connectivity index (χ2n) is 25.6. The van der Waals surface area contributed by atoms with Gasteiger partial charge in [-0.2, -0.15) is 0 Å². The van der Waals surface area contributed by atoms with E-state index in [1.54, 1.807) is 0 Å². The molecule has 96 heavy (non-hydrogen) atoms. The van der Waals surface area contributed by atoms with Crippen molar-refractivity contribution in [3.8, 4) is 0 Å². The average molecular weight is 1400 g/mol. The average Bonchev–Trinajstić information content (AvgIpc) is 1.11. The molecule has 0 aromatic heterocycles. The van der Waals surface area contributed by atoms with E-state index in [1.165, 1.54) is 89.9 Å². The van der Waals surface area contributed by atoms with Crippen LogP contribution in [0.25, 0.3) is 0 Å². The maximum absolute atomic E-state index is 13.1. The summed E-state index contributed by atoms with van der Waals surface area (Å²) in [6, 6.07) is 0. The lowest BCUT2D eigenvalue weighted by atomic mass is 10.0. The van der Waals surface area contributed by atoms with Crippen LogP contribution in [0.15, 0.2) is 72.9 Å². The Morgan fingerprint density at radius 1 is 0.302 bits per heavy atom. The number of carbonyl (C=O) groups excluding carboxylic acids is 4. The highest BCUT2D eigenvalue weighted by molar-refractivity contribution is 7.47. The molecular weight excluding hydrogens is 1260 g/mol. The molecule has 0 radical (unpaired) electrons. The Balaban J connectivity index is 5.28. The topological polar surface area (TPSA) is 237 Å². The zero-order valence-electron chi connectivity index (χ0n) is 60.8. The van der Waals surface area contributed by atoms with E-state index in [1.807, 2.05) is 0 Å². The Morgan fingerprint density at radius 3 is 0.885 bits per heavy atom. The lowest BCUT2D eigenvalue weighted by molar-refractivity contribution is -0.161. The van der Waals surface area contributed by atoms with Crippen LogP contribution in [0.2, 0.25) is 0 Å². The van der Waals surface area contributed by atoms with Crippen molar-refractivity contribution in [2.24, 2.45) is 0 Å². The van der Waals surface area contributed by atoms with Gasteiger partial charge in [-0.3, -0.25) is 37.3 Å². The summed E-state index contributed by atoms with van der Waals surface area (Å²) >= 11 is 0. The molecule has 0 saturated carbocycles. The molecule has 0 bridgehead atoms. The molecule has 0 fully saturated rings. The second kappa shape index (κ2) is 70.0. The third-order valence-electron chi connectivity index (χ3n) is 16.2. The highest BCUT2D eigenvalue weighted by Crippen LogP contribution is 2.45. The number of hydrogen-bond donors (Lipinski definition) is 3. The summed E-state index contributed by atoms with van der Waals surface area (Å²) in [7, 11) is -9.94. The van der Waals surface area contributed by atoms with Gasteiger partial charge >= 0.3 is 39.5 Å². The number of unbranched alkanes of at least 4 members (excludes halogenated alkanes) is 34. The highest BCUT2D eigenvalue weighted by Gasteiger charge is 2.30. The number of aliphatic hydroxyl groups excluding tert-OH is 1. The van der Waals surface area contributed by atoms with E-state index in [2.05, 4.69) is 101 Å². The second-order valence-corrected chi connectivity index (χ2v) is 28.5. The van der Waals surface area contributed by atoms with Crippen LogP contribution < -0.4 is 0 Å². The summed E-state index contributed by atoms with van der Waals surface area (Å²) in [6.07, 6.45) is 68.9. The molecule has 5 atom stereocenters. The first kappa shape index (κ1) is 92.5. The summed E-state index contributed by atoms with van der Waals surface area (Å²) < 4.78 is 68.4. The number of hydrogen-bond acceptors (Lipinski definition) is 15. The van der Waals surface area contributed by atoms with Crippen LogP contribution in [0.4, 0.5) is 0 Å². The van der Waals surface area contributed by atoms with Gasteiger partial charge in [-0.15, -0.1) is 0 Å². The summed E-state index contributed by atoms with van der Waals surface area (Å²) in [6.45, 7) is 4.71. The van der Waals surface area contributed by atoms with Crippen molar-refractivity contribution in [2.75, 3.05) is 39.6 Å². The van der Waals surface area contributed by atoms with E-state index in [4.69, 9.17) is 37.0 Å². The number of ether oxygens (including phenoxy) is 4. The zero-order valence-corrected chi connectivity index (χ0v) is 62.6. The molecule has 0 aliphatic heterocycles. The minimum Gasteiger partial charge on any atom is -0.462 e. The van der Waals surface area contributed by atoms with Crippen molar-refractivity contribution < 1.29 is 80.2 Å². The molecular formula is C77H138O17P2. The third-order valence-corrected chi connectivity index (χ3v) is 18.1. The molecule has 19 heteroatoms. The van der Waals surface area contributed by atoms with E-state index in [9.17, 15) is 43.2 Å². The number of carbonyl (C=O) groups is 4. The summed E-state index contributed by atoms with van der Waals surface area (Å²) in [5, 5.41) is 10.6. The minimum atomic E-state index is -4.97. The number of phosphoric acid groups is 2. The lowest BCUT2D eigenvalue weighted by Gasteiger charge is -2.21. The lowest BCUT2D eigenvalue weighted by Crippen LogP contribution is -2.30. The molecule has 0 heterocycles. The Labute approximate surface area is 583 Å². The van der Waals surface area contributed by atoms with Crippen molar-refractivity contribution in [1.29, 1.82) is 0 Å². The van der Waals surface area contributed by atoms with E-state index < -0.39 is 97.5 Å². The molecule has 0 saturated heterocycles. The number of aliphatic hydroxyl groups is 1. The first-order chi connectivity index (χ1) is 46.7. The molecule has 5 unspecified atom stereocenters. The third kappa shape index (κ3) is 69.0. The van der Waals surface area contributed by atoms with Crippen LogP contribution in [0.1, 0.15) is 336 Å². The van der Waals surface area contributed by atoms with Gasteiger partial charge < -0.3 is 33.8 Å². The monoisotopic (exact) mass is 1400 g/mol. The maximum atomic E-state index is 13.1. The molecule has 0 spiro atoms. The van der Waals surface area contributed by atoms with Crippen LogP contribution >= 0.6 is 15.6 Å². The normalized spacial score (nSPS) is 14.4. The van der Waals surface area contributed by atoms with Gasteiger partial charge in [0.15, 0.2) is 12.2 Å². The standard InChI is InChI=1S/C77H138O17P2/c1-5-9-13-17-21-25-29-32-33-34-35-36-37-40-43-46-50-54-58-62-75(80)88-67-72(93-76(81)63-59-55-51-47-41-28-24-20-16-12-8-4)69-91-95(83,84)89-65-71(78)66-90-96(85,86)92-70-73(94-77(82)64-60-56-52-48-44-39-31-27-23-19-15-11-7-3)68-87-74(79)61-57-53-49-45-42-38-30-26-22-18-14-10-6-2/h9,13,20-21,24-26,30,32-33,35-36,71-73,78H,5-8,10-12,14-19,22-23,27-29,31,34,37-70H2,1-4H3,(H,83,84)(H,85,86)/b13-9-,24-20-,25-21-,30-26-,33-32-,36-35-. The molecule has 17 nitrogen and oxygen atoms in total. The fraction of sp³-hybridized carbons (Fsp3) is 0.792. The fourth-order valence-electron chi connectivity index (χ4n) is 10.3. The minimum absolute atomic E-state index is 0.0831. The molecule has 3 N–H and O–H groups in total. The fourth-order valence-corrected chi connectivity index (χ4v) is 11.9. The van der Waals surface area contributed by atoms with Crippen LogP contribution in [0.5, 0.6) is 0 Å². The van der Waals surface area contributed by atoms with Crippen LogP contribution in [-0.2, 0) is 65.4 Å². The summed E-state index contributed by atoms with van der Waals surface area (Å²) in [4.78, 5) is 72.7. The van der Waals surface area contributed by atoms with Gasteiger partial charge in [-0.25, -0.2) is 9.13 Å². The zero-order chi connectivity index (χ0) is 70.4. The van der Waals surface area contributed by atoms with Crippen molar-refractivity contribution in [3.63, 3.8) is 0 Å². The summed E-state index contributed by atoms with van der Waals surface area (Å²) in [5.41, 5.74) is 0. The Bertz CT molecular complexity index is 2110. The largest absolute Gasteiger partial charge is 0.472 e. The smallest absolute Gasteiger partial charge is 0.462 e. The van der Waals surface area contributed by atoms with Crippen molar-refractivity contribution in [1.82, 2.24) is 0 Å². The molecule has 0 amide bonds. The molecule has 0 aromatic rings. The number of allylic oxidation sites excluding steroid dienone is 12. The van der Waals surface area contributed by atoms with E-state index in [0.29, 0.717) is 25.7 Å². The van der Waals surface area contributed by atoms with E-state index >= 15 is 0 Å². The Hall–Kier alpha value is -3.50.